The molecule has 0 saturated heterocycles. The molecule has 0 nitrogen and oxygen atoms in total. The summed E-state index contributed by atoms with van der Waals surface area (Å²) in [6.07, 6.45) is 0.899. The summed E-state index contributed by atoms with van der Waals surface area (Å²) in [5.74, 6) is -0.718. The van der Waals surface area contributed by atoms with Gasteiger partial charge in [-0.3, -0.25) is 0 Å². The zero-order valence-corrected chi connectivity index (χ0v) is 15.5. The molecule has 0 aliphatic carbocycles. The number of rotatable bonds is 3. The van der Waals surface area contributed by atoms with E-state index in [0.29, 0.717) is 27.1 Å². The molecule has 0 unspecified atom stereocenters. The molecule has 27 heavy (non-hydrogen) atoms. The van der Waals surface area contributed by atoms with Crippen LogP contribution in [-0.4, -0.2) is 0 Å². The average Bonchev–Trinajstić information content (AvgIpc) is 2.69. The molecule has 0 aromatic heterocycles. The Morgan fingerprint density at radius 1 is 0.741 bits per heavy atom. The number of aryl methyl sites for hydroxylation is 1. The van der Waals surface area contributed by atoms with E-state index < -0.39 is 5.82 Å². The molecule has 134 valence electrons. The van der Waals surface area contributed by atoms with E-state index in [1.54, 1.807) is 48.5 Å². The molecule has 3 heteroatoms. The molecule has 0 N–H and O–H groups in total. The monoisotopic (exact) mass is 378 g/mol. The smallest absolute Gasteiger partial charge is 0.138 e. The summed E-state index contributed by atoms with van der Waals surface area (Å²) in [5.41, 5.74) is 3.27. The summed E-state index contributed by atoms with van der Waals surface area (Å²) in [5, 5.41) is 2.00. The molecule has 0 aliphatic rings. The largest absolute Gasteiger partial charge is 0.206 e. The summed E-state index contributed by atoms with van der Waals surface area (Å²) in [6.45, 7) is 2.07. The normalized spacial score (nSPS) is 11.1. The summed E-state index contributed by atoms with van der Waals surface area (Å²) in [4.78, 5) is 0. The van der Waals surface area contributed by atoms with Gasteiger partial charge in [-0.2, -0.15) is 0 Å². The fraction of sp³-hybridized carbons (Fsp3) is 0.0833. The minimum Gasteiger partial charge on any atom is -0.206 e. The molecule has 0 bridgehead atoms. The highest BCUT2D eigenvalue weighted by atomic mass is 35.5. The first-order chi connectivity index (χ1) is 13.1. The first-order valence-corrected chi connectivity index (χ1v) is 9.21. The van der Waals surface area contributed by atoms with Gasteiger partial charge in [0.25, 0.3) is 0 Å². The molecule has 4 aromatic rings. The zero-order valence-electron chi connectivity index (χ0n) is 14.8. The van der Waals surface area contributed by atoms with Crippen molar-refractivity contribution in [2.75, 3.05) is 0 Å². The van der Waals surface area contributed by atoms with Gasteiger partial charge >= 0.3 is 0 Å². The Hall–Kier alpha value is -2.71. The quantitative estimate of drug-likeness (QED) is 0.343. The van der Waals surface area contributed by atoms with Crippen molar-refractivity contribution in [1.82, 2.24) is 0 Å². The zero-order chi connectivity index (χ0) is 19.0. The van der Waals surface area contributed by atoms with Gasteiger partial charge in [-0.05, 0) is 46.7 Å². The molecule has 0 radical (unpaired) electrons. The third-order valence-corrected chi connectivity index (χ3v) is 5.11. The maximum atomic E-state index is 15.1. The highest BCUT2D eigenvalue weighted by Gasteiger charge is 2.13. The van der Waals surface area contributed by atoms with Crippen molar-refractivity contribution in [2.45, 2.75) is 13.3 Å². The molecule has 0 fully saturated rings. The minimum absolute atomic E-state index is 0.325. The molecule has 4 aromatic carbocycles. The van der Waals surface area contributed by atoms with Gasteiger partial charge in [0.05, 0.1) is 0 Å². The highest BCUT2D eigenvalue weighted by Crippen LogP contribution is 2.33. The van der Waals surface area contributed by atoms with E-state index in [4.69, 9.17) is 11.6 Å². The number of fused-ring (bicyclic) bond motifs is 1. The molecular formula is C24H17ClF2. The Balaban J connectivity index is 1.78. The highest BCUT2D eigenvalue weighted by molar-refractivity contribution is 6.30. The average molecular weight is 379 g/mol. The van der Waals surface area contributed by atoms with Crippen molar-refractivity contribution in [2.24, 2.45) is 0 Å². The van der Waals surface area contributed by atoms with Crippen LogP contribution in [0, 0.1) is 11.6 Å². The summed E-state index contributed by atoms with van der Waals surface area (Å²) >= 11 is 5.89. The van der Waals surface area contributed by atoms with Gasteiger partial charge in [0.1, 0.15) is 11.6 Å². The predicted octanol–water partition coefficient (Wildman–Crippen LogP) is 7.67. The number of benzene rings is 4. The van der Waals surface area contributed by atoms with Crippen LogP contribution in [0.25, 0.3) is 33.0 Å². The van der Waals surface area contributed by atoms with E-state index in [9.17, 15) is 4.39 Å². The predicted molar refractivity (Wildman–Crippen MR) is 109 cm³/mol. The minimum atomic E-state index is -0.393. The number of hydrogen-bond donors (Lipinski definition) is 0. The van der Waals surface area contributed by atoms with Gasteiger partial charge in [0, 0.05) is 21.5 Å². The molecule has 0 spiro atoms. The van der Waals surface area contributed by atoms with Gasteiger partial charge in [-0.1, -0.05) is 73.1 Å². The lowest BCUT2D eigenvalue weighted by molar-refractivity contribution is 0.630. The SMILES string of the molecule is CCc1ccc2c(F)c(-c3ccc(-c4ccc(Cl)cc4)c(F)c3)ccc2c1. The Kier molecular flexibility index (Phi) is 4.67. The van der Waals surface area contributed by atoms with Gasteiger partial charge in [0.2, 0.25) is 0 Å². The van der Waals surface area contributed by atoms with Crippen LogP contribution in [0.3, 0.4) is 0 Å². The fourth-order valence-corrected chi connectivity index (χ4v) is 3.46. The Morgan fingerprint density at radius 3 is 2.15 bits per heavy atom. The molecule has 0 saturated carbocycles. The molecular weight excluding hydrogens is 362 g/mol. The molecule has 0 aliphatic heterocycles. The van der Waals surface area contributed by atoms with E-state index in [1.807, 2.05) is 18.2 Å². The van der Waals surface area contributed by atoms with Crippen LogP contribution in [0.4, 0.5) is 8.78 Å². The topological polar surface area (TPSA) is 0 Å². The summed E-state index contributed by atoms with van der Waals surface area (Å²) in [6, 6.07) is 21.1. The van der Waals surface area contributed by atoms with Gasteiger partial charge in [0.15, 0.2) is 0 Å². The van der Waals surface area contributed by atoms with Crippen LogP contribution in [0.15, 0.2) is 72.8 Å². The van der Waals surface area contributed by atoms with Crippen molar-refractivity contribution < 1.29 is 8.78 Å². The van der Waals surface area contributed by atoms with E-state index >= 15 is 4.39 Å². The van der Waals surface area contributed by atoms with Crippen LogP contribution in [-0.2, 0) is 6.42 Å². The maximum Gasteiger partial charge on any atom is 0.138 e. The van der Waals surface area contributed by atoms with E-state index in [-0.39, 0.29) is 5.82 Å². The third kappa shape index (κ3) is 3.33. The van der Waals surface area contributed by atoms with E-state index in [0.717, 1.165) is 22.9 Å². The van der Waals surface area contributed by atoms with Crippen LogP contribution in [0.5, 0.6) is 0 Å². The van der Waals surface area contributed by atoms with Crippen LogP contribution in [0.2, 0.25) is 5.02 Å². The van der Waals surface area contributed by atoms with Gasteiger partial charge < -0.3 is 0 Å². The fourth-order valence-electron chi connectivity index (χ4n) is 3.33. The second-order valence-electron chi connectivity index (χ2n) is 6.54. The maximum absolute atomic E-state index is 15.1. The van der Waals surface area contributed by atoms with Crippen LogP contribution < -0.4 is 0 Å². The first kappa shape index (κ1) is 17.7. The summed E-state index contributed by atoms with van der Waals surface area (Å²) in [7, 11) is 0. The Morgan fingerprint density at radius 2 is 1.44 bits per heavy atom. The van der Waals surface area contributed by atoms with E-state index in [2.05, 4.69) is 6.92 Å². The summed E-state index contributed by atoms with van der Waals surface area (Å²) < 4.78 is 29.8. The van der Waals surface area contributed by atoms with Gasteiger partial charge in [-0.25, -0.2) is 8.78 Å². The molecule has 0 heterocycles. The Labute approximate surface area is 162 Å². The van der Waals surface area contributed by atoms with Crippen LogP contribution >= 0.6 is 11.6 Å². The molecule has 4 rings (SSSR count). The lowest BCUT2D eigenvalue weighted by Crippen LogP contribution is -1.91. The van der Waals surface area contributed by atoms with Crippen LogP contribution in [0.1, 0.15) is 12.5 Å². The third-order valence-electron chi connectivity index (χ3n) is 4.86. The van der Waals surface area contributed by atoms with Crippen molar-refractivity contribution in [3.8, 4) is 22.3 Å². The molecule has 0 atom stereocenters. The second-order valence-corrected chi connectivity index (χ2v) is 6.97. The first-order valence-electron chi connectivity index (χ1n) is 8.84. The van der Waals surface area contributed by atoms with E-state index in [1.165, 1.54) is 6.07 Å². The number of hydrogen-bond acceptors (Lipinski definition) is 0. The van der Waals surface area contributed by atoms with Crippen molar-refractivity contribution >= 4 is 22.4 Å². The van der Waals surface area contributed by atoms with Crippen molar-refractivity contribution in [3.05, 3.63) is 95.0 Å². The lowest BCUT2D eigenvalue weighted by Gasteiger charge is -2.10. The van der Waals surface area contributed by atoms with Crippen molar-refractivity contribution in [3.63, 3.8) is 0 Å². The lowest BCUT2D eigenvalue weighted by atomic mass is 9.96. The Bertz CT molecular complexity index is 1130. The second kappa shape index (κ2) is 7.13. The van der Waals surface area contributed by atoms with Crippen molar-refractivity contribution in [1.29, 1.82) is 0 Å². The standard InChI is InChI=1S/C24H17ClF2/c1-2-15-3-10-21-17(13-15)7-12-22(24(21)27)18-6-11-20(23(26)14-18)16-4-8-19(25)9-5-16/h3-14H,2H2,1H3. The number of halogens is 3. The van der Waals surface area contributed by atoms with Gasteiger partial charge in [-0.15, -0.1) is 0 Å². The molecule has 0 amide bonds.